The van der Waals surface area contributed by atoms with Crippen molar-refractivity contribution < 1.29 is 37.0 Å². The summed E-state index contributed by atoms with van der Waals surface area (Å²) in [4.78, 5) is 35.7. The number of nitrogens with two attached hydrogens (primary N) is 1. The van der Waals surface area contributed by atoms with Crippen LogP contribution in [0, 0.1) is 0 Å². The number of methoxy groups -OCH3 is 1. The number of ether oxygens (including phenoxy) is 2. The lowest BCUT2D eigenvalue weighted by atomic mass is 10.1. The molecule has 2 rings (SSSR count). The van der Waals surface area contributed by atoms with Crippen molar-refractivity contribution in [3.05, 3.63) is 52.5 Å². The van der Waals surface area contributed by atoms with Gasteiger partial charge >= 0.3 is 6.18 Å². The van der Waals surface area contributed by atoms with Gasteiger partial charge in [-0.25, -0.2) is 0 Å². The predicted octanol–water partition coefficient (Wildman–Crippen LogP) is 2.76. The molecular formula is C19H17ClF3N3O5. The molecule has 166 valence electrons. The molecule has 0 fully saturated rings. The fourth-order valence-electron chi connectivity index (χ4n) is 2.39. The van der Waals surface area contributed by atoms with Crippen molar-refractivity contribution in [1.82, 2.24) is 5.32 Å². The summed E-state index contributed by atoms with van der Waals surface area (Å²) < 4.78 is 47.4. The molecule has 8 nitrogen and oxygen atoms in total. The molecule has 0 radical (unpaired) electrons. The molecule has 31 heavy (non-hydrogen) atoms. The number of primary amides is 1. The Balaban J connectivity index is 2.25. The third-order valence-electron chi connectivity index (χ3n) is 3.72. The predicted molar refractivity (Wildman–Crippen MR) is 105 cm³/mol. The van der Waals surface area contributed by atoms with E-state index in [0.29, 0.717) is 0 Å². The van der Waals surface area contributed by atoms with E-state index in [-0.39, 0.29) is 33.3 Å². The van der Waals surface area contributed by atoms with Crippen molar-refractivity contribution in [1.29, 1.82) is 0 Å². The molecule has 4 N–H and O–H groups in total. The largest absolute Gasteiger partial charge is 0.493 e. The standard InChI is InChI=1S/C19H17ClF3N3O5/c1-30-14-7-10(6-12(20)16(14)31-8-15(24)27)17(28)26-13-5-3-2-4-11(13)18(29)25-9-19(21,22)23/h2-7H,8-9H2,1H3,(H2,24,27)(H,25,29)(H,26,28). The molecule has 0 unspecified atom stereocenters. The monoisotopic (exact) mass is 459 g/mol. The summed E-state index contributed by atoms with van der Waals surface area (Å²) >= 11 is 6.10. The minimum atomic E-state index is -4.58. The van der Waals surface area contributed by atoms with Crippen molar-refractivity contribution in [2.24, 2.45) is 5.73 Å². The normalized spacial score (nSPS) is 10.9. The first-order valence-electron chi connectivity index (χ1n) is 8.55. The Morgan fingerprint density at radius 3 is 2.42 bits per heavy atom. The van der Waals surface area contributed by atoms with E-state index in [2.05, 4.69) is 5.32 Å². The molecule has 2 aromatic rings. The van der Waals surface area contributed by atoms with Crippen molar-refractivity contribution in [3.8, 4) is 11.5 Å². The van der Waals surface area contributed by atoms with E-state index in [4.69, 9.17) is 26.8 Å². The van der Waals surface area contributed by atoms with Crippen LogP contribution >= 0.6 is 11.6 Å². The number of alkyl halides is 3. The van der Waals surface area contributed by atoms with Crippen molar-refractivity contribution in [2.45, 2.75) is 6.18 Å². The fourth-order valence-corrected chi connectivity index (χ4v) is 2.66. The number of halogens is 4. The Labute approximate surface area is 179 Å². The highest BCUT2D eigenvalue weighted by molar-refractivity contribution is 6.33. The van der Waals surface area contributed by atoms with Gasteiger partial charge in [0, 0.05) is 5.56 Å². The number of hydrogen-bond donors (Lipinski definition) is 3. The quantitative estimate of drug-likeness (QED) is 0.560. The highest BCUT2D eigenvalue weighted by Gasteiger charge is 2.28. The van der Waals surface area contributed by atoms with Crippen LogP contribution in [0.1, 0.15) is 20.7 Å². The zero-order chi connectivity index (χ0) is 23.2. The van der Waals surface area contributed by atoms with Crippen molar-refractivity contribution in [3.63, 3.8) is 0 Å². The number of benzene rings is 2. The molecule has 0 bridgehead atoms. The van der Waals surface area contributed by atoms with Crippen LogP contribution in [0.15, 0.2) is 36.4 Å². The molecule has 0 aromatic heterocycles. The van der Waals surface area contributed by atoms with E-state index in [1.54, 1.807) is 5.32 Å². The molecule has 0 saturated carbocycles. The van der Waals surface area contributed by atoms with Gasteiger partial charge in [0.05, 0.1) is 23.4 Å². The van der Waals surface area contributed by atoms with Crippen LogP contribution in [0.4, 0.5) is 18.9 Å². The highest BCUT2D eigenvalue weighted by atomic mass is 35.5. The molecule has 2 aromatic carbocycles. The number of amides is 3. The van der Waals surface area contributed by atoms with Crippen LogP contribution in [-0.4, -0.2) is 44.2 Å². The van der Waals surface area contributed by atoms with Crippen molar-refractivity contribution >= 4 is 35.0 Å². The molecule has 0 aliphatic rings. The first kappa shape index (κ1) is 23.8. The molecule has 0 atom stereocenters. The maximum absolute atomic E-state index is 12.7. The average Bonchev–Trinajstić information content (AvgIpc) is 2.70. The average molecular weight is 460 g/mol. The molecule has 0 aliphatic carbocycles. The molecule has 0 aliphatic heterocycles. The van der Waals surface area contributed by atoms with Gasteiger partial charge < -0.3 is 25.8 Å². The van der Waals surface area contributed by atoms with Gasteiger partial charge in [-0.1, -0.05) is 23.7 Å². The maximum Gasteiger partial charge on any atom is 0.405 e. The summed E-state index contributed by atoms with van der Waals surface area (Å²) in [5.74, 6) is -2.46. The second-order valence-corrected chi connectivity index (χ2v) is 6.45. The molecule has 12 heteroatoms. The highest BCUT2D eigenvalue weighted by Crippen LogP contribution is 2.36. The zero-order valence-electron chi connectivity index (χ0n) is 16.0. The Kier molecular flexibility index (Phi) is 7.70. The smallest absolute Gasteiger partial charge is 0.405 e. The van der Waals surface area contributed by atoms with Gasteiger partial charge in [0.25, 0.3) is 17.7 Å². The second-order valence-electron chi connectivity index (χ2n) is 6.04. The summed E-state index contributed by atoms with van der Waals surface area (Å²) in [5.41, 5.74) is 4.84. The van der Waals surface area contributed by atoms with Gasteiger partial charge in [-0.05, 0) is 24.3 Å². The van der Waals surface area contributed by atoms with Gasteiger partial charge in [-0.3, -0.25) is 14.4 Å². The lowest BCUT2D eigenvalue weighted by Gasteiger charge is -2.15. The minimum absolute atomic E-state index is 0.00113. The number of rotatable bonds is 8. The Morgan fingerprint density at radius 2 is 1.81 bits per heavy atom. The summed E-state index contributed by atoms with van der Waals surface area (Å²) in [6.45, 7) is -1.99. The van der Waals surface area contributed by atoms with E-state index in [0.717, 1.165) is 0 Å². The van der Waals surface area contributed by atoms with E-state index in [9.17, 15) is 27.6 Å². The molecule has 0 heterocycles. The van der Waals surface area contributed by atoms with Gasteiger partial charge in [-0.15, -0.1) is 0 Å². The maximum atomic E-state index is 12.7. The first-order valence-corrected chi connectivity index (χ1v) is 8.93. The van der Waals surface area contributed by atoms with Crippen LogP contribution in [0.2, 0.25) is 5.02 Å². The number of hydrogen-bond acceptors (Lipinski definition) is 5. The van der Waals surface area contributed by atoms with Gasteiger partial charge in [0.1, 0.15) is 6.54 Å². The van der Waals surface area contributed by atoms with Crippen LogP contribution in [0.3, 0.4) is 0 Å². The third kappa shape index (κ3) is 6.78. The van der Waals surface area contributed by atoms with E-state index >= 15 is 0 Å². The van der Waals surface area contributed by atoms with Crippen molar-refractivity contribution in [2.75, 3.05) is 25.6 Å². The Morgan fingerprint density at radius 1 is 1.13 bits per heavy atom. The fraction of sp³-hybridized carbons (Fsp3) is 0.211. The summed E-state index contributed by atoms with van der Waals surface area (Å²) in [6.07, 6.45) is -4.58. The second kappa shape index (κ2) is 10.0. The Hall–Kier alpha value is -3.47. The molecular weight excluding hydrogens is 443 g/mol. The summed E-state index contributed by atoms with van der Waals surface area (Å²) in [6, 6.07) is 8.03. The third-order valence-corrected chi connectivity index (χ3v) is 4.00. The van der Waals surface area contributed by atoms with Crippen LogP contribution < -0.4 is 25.8 Å². The number of anilines is 1. The number of nitrogens with one attached hydrogen (secondary N) is 2. The van der Waals surface area contributed by atoms with Crippen LogP contribution in [0.25, 0.3) is 0 Å². The summed E-state index contributed by atoms with van der Waals surface area (Å²) in [5, 5.41) is 4.13. The van der Waals surface area contributed by atoms with Crippen LogP contribution in [-0.2, 0) is 4.79 Å². The van der Waals surface area contributed by atoms with Gasteiger partial charge in [0.2, 0.25) is 0 Å². The van der Waals surface area contributed by atoms with E-state index < -0.39 is 37.0 Å². The van der Waals surface area contributed by atoms with Crippen LogP contribution in [0.5, 0.6) is 11.5 Å². The Bertz CT molecular complexity index is 998. The topological polar surface area (TPSA) is 120 Å². The lowest BCUT2D eigenvalue weighted by molar-refractivity contribution is -0.123. The molecule has 0 saturated heterocycles. The minimum Gasteiger partial charge on any atom is -0.493 e. The van der Waals surface area contributed by atoms with E-state index in [1.165, 1.54) is 43.5 Å². The van der Waals surface area contributed by atoms with Gasteiger partial charge in [-0.2, -0.15) is 13.2 Å². The lowest BCUT2D eigenvalue weighted by Crippen LogP contribution is -2.34. The number of carbonyl (C=O) groups excluding carboxylic acids is 3. The first-order chi connectivity index (χ1) is 14.5. The van der Waals surface area contributed by atoms with E-state index in [1.807, 2.05) is 0 Å². The summed E-state index contributed by atoms with van der Waals surface area (Å²) in [7, 11) is 1.28. The SMILES string of the molecule is COc1cc(C(=O)Nc2ccccc2C(=O)NCC(F)(F)F)cc(Cl)c1OCC(N)=O. The molecule has 3 amide bonds. The van der Waals surface area contributed by atoms with Gasteiger partial charge in [0.15, 0.2) is 18.1 Å². The zero-order valence-corrected chi connectivity index (χ0v) is 16.8. The number of para-hydroxylation sites is 1. The number of carbonyl (C=O) groups is 3. The molecule has 0 spiro atoms.